The third-order valence-electron chi connectivity index (χ3n) is 3.71. The minimum atomic E-state index is -0.0661. The van der Waals surface area contributed by atoms with Gasteiger partial charge in [-0.3, -0.25) is 4.79 Å². The Labute approximate surface area is 128 Å². The summed E-state index contributed by atoms with van der Waals surface area (Å²) >= 11 is 3.47. The highest BCUT2D eigenvalue weighted by Gasteiger charge is 2.22. The summed E-state index contributed by atoms with van der Waals surface area (Å²) in [4.78, 5) is 18.4. The molecule has 0 bridgehead atoms. The second-order valence-electron chi connectivity index (χ2n) is 5.18. The standard InChI is InChI=1S/C15H21BrN2O2/c1-3-20-15(19)10-12-6-8-18(9-7-12)14-5-4-13(16)11(2)17-14/h4-5,12H,3,6-10H2,1-2H3. The number of aromatic nitrogens is 1. The highest BCUT2D eigenvalue weighted by atomic mass is 79.9. The minimum absolute atomic E-state index is 0.0661. The van der Waals surface area contributed by atoms with Gasteiger partial charge in [-0.2, -0.15) is 0 Å². The fraction of sp³-hybridized carbons (Fsp3) is 0.600. The van der Waals surface area contributed by atoms with Crippen LogP contribution >= 0.6 is 15.9 Å². The first-order valence-corrected chi connectivity index (χ1v) is 7.93. The molecule has 0 N–H and O–H groups in total. The monoisotopic (exact) mass is 340 g/mol. The molecular formula is C15H21BrN2O2. The van der Waals surface area contributed by atoms with E-state index in [0.29, 0.717) is 18.9 Å². The van der Waals surface area contributed by atoms with Gasteiger partial charge in [0.15, 0.2) is 0 Å². The number of halogens is 1. The van der Waals surface area contributed by atoms with Crippen LogP contribution in [0.25, 0.3) is 0 Å². The Morgan fingerprint density at radius 1 is 1.45 bits per heavy atom. The van der Waals surface area contributed by atoms with Crippen molar-refractivity contribution in [3.8, 4) is 0 Å². The van der Waals surface area contributed by atoms with E-state index in [1.807, 2.05) is 26.0 Å². The molecule has 0 radical (unpaired) electrons. The van der Waals surface area contributed by atoms with Crippen molar-refractivity contribution in [3.05, 3.63) is 22.3 Å². The van der Waals surface area contributed by atoms with Crippen molar-refractivity contribution < 1.29 is 9.53 Å². The van der Waals surface area contributed by atoms with Gasteiger partial charge >= 0.3 is 5.97 Å². The zero-order chi connectivity index (χ0) is 14.5. The fourth-order valence-electron chi connectivity index (χ4n) is 2.53. The van der Waals surface area contributed by atoms with E-state index in [9.17, 15) is 4.79 Å². The number of esters is 1. The largest absolute Gasteiger partial charge is 0.466 e. The number of carbonyl (C=O) groups is 1. The molecule has 1 saturated heterocycles. The number of pyridine rings is 1. The molecule has 1 aliphatic rings. The average Bonchev–Trinajstić information content (AvgIpc) is 2.43. The maximum atomic E-state index is 11.5. The molecule has 0 spiro atoms. The van der Waals surface area contributed by atoms with Gasteiger partial charge in [-0.05, 0) is 60.7 Å². The number of hydrogen-bond donors (Lipinski definition) is 0. The molecule has 0 unspecified atom stereocenters. The van der Waals surface area contributed by atoms with Gasteiger partial charge in [0.2, 0.25) is 0 Å². The molecule has 20 heavy (non-hydrogen) atoms. The number of piperidine rings is 1. The summed E-state index contributed by atoms with van der Waals surface area (Å²) in [5.41, 5.74) is 1.01. The zero-order valence-corrected chi connectivity index (χ0v) is 13.6. The number of rotatable bonds is 4. The Morgan fingerprint density at radius 2 is 2.15 bits per heavy atom. The van der Waals surface area contributed by atoms with E-state index in [-0.39, 0.29) is 5.97 Å². The van der Waals surface area contributed by atoms with Crippen molar-refractivity contribution in [2.75, 3.05) is 24.6 Å². The van der Waals surface area contributed by atoms with Crippen LogP contribution in [0, 0.1) is 12.8 Å². The van der Waals surface area contributed by atoms with Crippen LogP contribution in [-0.4, -0.2) is 30.6 Å². The van der Waals surface area contributed by atoms with Crippen LogP contribution in [0.2, 0.25) is 0 Å². The normalized spacial score (nSPS) is 16.2. The second-order valence-corrected chi connectivity index (χ2v) is 6.03. The average molecular weight is 341 g/mol. The van der Waals surface area contributed by atoms with E-state index in [0.717, 1.165) is 41.9 Å². The molecule has 0 aromatic carbocycles. The van der Waals surface area contributed by atoms with Gasteiger partial charge in [-0.15, -0.1) is 0 Å². The summed E-state index contributed by atoms with van der Waals surface area (Å²) in [7, 11) is 0. The first kappa shape index (κ1) is 15.3. The van der Waals surface area contributed by atoms with Gasteiger partial charge in [-0.1, -0.05) is 0 Å². The molecule has 1 aliphatic heterocycles. The maximum Gasteiger partial charge on any atom is 0.306 e. The third-order valence-corrected chi connectivity index (χ3v) is 4.54. The molecule has 0 aliphatic carbocycles. The molecular weight excluding hydrogens is 320 g/mol. The smallest absolute Gasteiger partial charge is 0.306 e. The Hall–Kier alpha value is -1.10. The van der Waals surface area contributed by atoms with Crippen LogP contribution in [0.5, 0.6) is 0 Å². The van der Waals surface area contributed by atoms with E-state index < -0.39 is 0 Å². The maximum absolute atomic E-state index is 11.5. The molecule has 1 fully saturated rings. The molecule has 2 heterocycles. The van der Waals surface area contributed by atoms with Crippen molar-refractivity contribution in [1.29, 1.82) is 0 Å². The fourth-order valence-corrected chi connectivity index (χ4v) is 2.75. The second kappa shape index (κ2) is 7.07. The predicted octanol–water partition coefficient (Wildman–Crippen LogP) is 3.32. The van der Waals surface area contributed by atoms with Crippen LogP contribution in [0.1, 0.15) is 31.9 Å². The summed E-state index contributed by atoms with van der Waals surface area (Å²) < 4.78 is 6.06. The molecule has 0 saturated carbocycles. The minimum Gasteiger partial charge on any atom is -0.466 e. The lowest BCUT2D eigenvalue weighted by atomic mass is 9.93. The molecule has 0 atom stereocenters. The summed E-state index contributed by atoms with van der Waals surface area (Å²) in [6, 6.07) is 4.09. The van der Waals surface area contributed by atoms with Crippen LogP contribution in [0.4, 0.5) is 5.82 Å². The highest BCUT2D eigenvalue weighted by Crippen LogP contribution is 2.26. The molecule has 2 rings (SSSR count). The Balaban J connectivity index is 1.87. The van der Waals surface area contributed by atoms with Crippen molar-refractivity contribution in [2.24, 2.45) is 5.92 Å². The number of carbonyl (C=O) groups excluding carboxylic acids is 1. The zero-order valence-electron chi connectivity index (χ0n) is 12.1. The molecule has 1 aromatic heterocycles. The summed E-state index contributed by atoms with van der Waals surface area (Å²) in [6.45, 7) is 6.24. The van der Waals surface area contributed by atoms with Crippen LogP contribution < -0.4 is 4.90 Å². The lowest BCUT2D eigenvalue weighted by Crippen LogP contribution is -2.35. The molecule has 5 heteroatoms. The van der Waals surface area contributed by atoms with Gasteiger partial charge in [0.25, 0.3) is 0 Å². The lowest BCUT2D eigenvalue weighted by molar-refractivity contribution is -0.144. The summed E-state index contributed by atoms with van der Waals surface area (Å²) in [6.07, 6.45) is 2.60. The Bertz CT molecular complexity index is 471. The van der Waals surface area contributed by atoms with Crippen molar-refractivity contribution in [2.45, 2.75) is 33.1 Å². The Kier molecular flexibility index (Phi) is 5.40. The lowest BCUT2D eigenvalue weighted by Gasteiger charge is -2.32. The third kappa shape index (κ3) is 3.95. The van der Waals surface area contributed by atoms with Gasteiger partial charge in [0.1, 0.15) is 5.82 Å². The van der Waals surface area contributed by atoms with E-state index in [1.54, 1.807) is 0 Å². The SMILES string of the molecule is CCOC(=O)CC1CCN(c2ccc(Br)c(C)n2)CC1. The van der Waals surface area contributed by atoms with Gasteiger partial charge in [-0.25, -0.2) is 4.98 Å². The molecule has 1 aromatic rings. The molecule has 110 valence electrons. The van der Waals surface area contributed by atoms with E-state index in [4.69, 9.17) is 4.74 Å². The van der Waals surface area contributed by atoms with Gasteiger partial charge in [0.05, 0.1) is 12.3 Å². The quantitative estimate of drug-likeness (QED) is 0.788. The topological polar surface area (TPSA) is 42.4 Å². The first-order chi connectivity index (χ1) is 9.60. The van der Waals surface area contributed by atoms with Crippen LogP contribution in [-0.2, 0) is 9.53 Å². The van der Waals surface area contributed by atoms with E-state index >= 15 is 0 Å². The number of anilines is 1. The Morgan fingerprint density at radius 3 is 2.75 bits per heavy atom. The van der Waals surface area contributed by atoms with Crippen LogP contribution in [0.3, 0.4) is 0 Å². The number of aryl methyl sites for hydroxylation is 1. The predicted molar refractivity (Wildman–Crippen MR) is 82.9 cm³/mol. The van der Waals surface area contributed by atoms with Crippen molar-refractivity contribution in [3.63, 3.8) is 0 Å². The highest BCUT2D eigenvalue weighted by molar-refractivity contribution is 9.10. The number of hydrogen-bond acceptors (Lipinski definition) is 4. The molecule has 4 nitrogen and oxygen atoms in total. The summed E-state index contributed by atoms with van der Waals surface area (Å²) in [5, 5.41) is 0. The number of ether oxygens (including phenoxy) is 1. The molecule has 0 amide bonds. The van der Waals surface area contributed by atoms with Gasteiger partial charge in [0, 0.05) is 24.0 Å². The summed E-state index contributed by atoms with van der Waals surface area (Å²) in [5.74, 6) is 1.41. The first-order valence-electron chi connectivity index (χ1n) is 7.14. The number of nitrogens with zero attached hydrogens (tertiary/aromatic N) is 2. The van der Waals surface area contributed by atoms with Crippen LogP contribution in [0.15, 0.2) is 16.6 Å². The van der Waals surface area contributed by atoms with Crippen molar-refractivity contribution in [1.82, 2.24) is 4.98 Å². The van der Waals surface area contributed by atoms with Crippen molar-refractivity contribution >= 4 is 27.7 Å². The van der Waals surface area contributed by atoms with Gasteiger partial charge < -0.3 is 9.64 Å². The van der Waals surface area contributed by atoms with E-state index in [1.165, 1.54) is 0 Å². The van der Waals surface area contributed by atoms with E-state index in [2.05, 4.69) is 25.8 Å².